The monoisotopic (exact) mass is 323 g/mol. The number of benzene rings is 1. The Morgan fingerprint density at radius 1 is 1.21 bits per heavy atom. The maximum absolute atomic E-state index is 6.12. The average Bonchev–Trinajstić information content (AvgIpc) is 3.30. The molecule has 0 radical (unpaired) electrons. The van der Waals surface area contributed by atoms with Crippen LogP contribution in [0.1, 0.15) is 18.4 Å². The lowest BCUT2D eigenvalue weighted by atomic mass is 10.2. The van der Waals surface area contributed by atoms with Crippen LogP contribution in [0.15, 0.2) is 30.5 Å². The highest BCUT2D eigenvalue weighted by Crippen LogP contribution is 2.32. The first-order valence-electron chi connectivity index (χ1n) is 8.20. The Kier molecular flexibility index (Phi) is 3.52. The van der Waals surface area contributed by atoms with Crippen LogP contribution in [0.3, 0.4) is 0 Å². The van der Waals surface area contributed by atoms with Crippen molar-refractivity contribution in [3.63, 3.8) is 0 Å². The van der Waals surface area contributed by atoms with Gasteiger partial charge >= 0.3 is 0 Å². The van der Waals surface area contributed by atoms with Crippen molar-refractivity contribution in [3.8, 4) is 11.6 Å². The summed E-state index contributed by atoms with van der Waals surface area (Å²) in [6.45, 7) is 2.06. The number of nitrogens with zero attached hydrogens (tertiary/aromatic N) is 3. The molecule has 6 heteroatoms. The molecule has 2 aromatic heterocycles. The maximum Gasteiger partial charge on any atom is 0.249 e. The van der Waals surface area contributed by atoms with E-state index in [4.69, 9.17) is 4.74 Å². The van der Waals surface area contributed by atoms with Gasteiger partial charge < -0.3 is 19.9 Å². The van der Waals surface area contributed by atoms with Crippen LogP contribution < -0.4 is 15.4 Å². The summed E-state index contributed by atoms with van der Waals surface area (Å²) in [5.41, 5.74) is 3.99. The fraction of sp³-hybridized carbons (Fsp3) is 0.333. The predicted octanol–water partition coefficient (Wildman–Crippen LogP) is 3.69. The van der Waals surface area contributed by atoms with Crippen LogP contribution in [0.25, 0.3) is 11.0 Å². The molecule has 0 atom stereocenters. The minimum atomic E-state index is 0.495. The number of anilines is 2. The van der Waals surface area contributed by atoms with E-state index < -0.39 is 0 Å². The second kappa shape index (κ2) is 5.70. The molecule has 0 amide bonds. The second-order valence-electron chi connectivity index (χ2n) is 6.26. The van der Waals surface area contributed by atoms with Gasteiger partial charge in [0.1, 0.15) is 11.3 Å². The molecule has 4 rings (SSSR count). The summed E-state index contributed by atoms with van der Waals surface area (Å²) in [7, 11) is 3.88. The van der Waals surface area contributed by atoms with Gasteiger partial charge in [0.05, 0.1) is 5.52 Å². The first-order valence-corrected chi connectivity index (χ1v) is 8.20. The molecule has 0 saturated heterocycles. The van der Waals surface area contributed by atoms with E-state index in [1.54, 1.807) is 0 Å². The number of aryl methyl sites for hydroxylation is 2. The number of ether oxygens (including phenoxy) is 1. The Hall–Kier alpha value is -2.76. The molecule has 1 saturated carbocycles. The maximum atomic E-state index is 6.12. The van der Waals surface area contributed by atoms with E-state index in [1.807, 2.05) is 49.1 Å². The molecule has 0 unspecified atom stereocenters. The van der Waals surface area contributed by atoms with E-state index in [9.17, 15) is 0 Å². The van der Waals surface area contributed by atoms with Crippen molar-refractivity contribution in [1.82, 2.24) is 14.5 Å². The van der Waals surface area contributed by atoms with Crippen molar-refractivity contribution in [1.29, 1.82) is 0 Å². The molecule has 1 aliphatic carbocycles. The summed E-state index contributed by atoms with van der Waals surface area (Å²) in [5.74, 6) is 1.96. The number of fused-ring (bicyclic) bond motifs is 1. The number of aromatic nitrogens is 3. The number of hydrogen-bond acceptors (Lipinski definition) is 5. The van der Waals surface area contributed by atoms with Crippen molar-refractivity contribution < 1.29 is 4.74 Å². The van der Waals surface area contributed by atoms with Crippen molar-refractivity contribution in [2.45, 2.75) is 25.8 Å². The Morgan fingerprint density at radius 2 is 2.04 bits per heavy atom. The van der Waals surface area contributed by atoms with E-state index in [-0.39, 0.29) is 0 Å². The van der Waals surface area contributed by atoms with Gasteiger partial charge in [-0.2, -0.15) is 4.98 Å². The van der Waals surface area contributed by atoms with Gasteiger partial charge in [0.2, 0.25) is 11.8 Å². The predicted molar refractivity (Wildman–Crippen MR) is 96.0 cm³/mol. The van der Waals surface area contributed by atoms with E-state index in [0.717, 1.165) is 22.5 Å². The van der Waals surface area contributed by atoms with Crippen molar-refractivity contribution in [2.75, 3.05) is 17.7 Å². The van der Waals surface area contributed by atoms with E-state index in [2.05, 4.69) is 27.5 Å². The number of rotatable bonds is 5. The third-order valence-electron chi connectivity index (χ3n) is 4.29. The van der Waals surface area contributed by atoms with Crippen LogP contribution >= 0.6 is 0 Å². The van der Waals surface area contributed by atoms with E-state index in [0.29, 0.717) is 17.9 Å². The van der Waals surface area contributed by atoms with Gasteiger partial charge in [-0.3, -0.25) is 0 Å². The molecule has 1 aliphatic rings. The molecule has 2 heterocycles. The van der Waals surface area contributed by atoms with Gasteiger partial charge in [0.15, 0.2) is 0 Å². The highest BCUT2D eigenvalue weighted by Gasteiger charge is 2.23. The van der Waals surface area contributed by atoms with Crippen LogP contribution in [0.5, 0.6) is 11.6 Å². The molecule has 124 valence electrons. The third kappa shape index (κ3) is 2.75. The molecule has 6 nitrogen and oxygen atoms in total. The molecule has 1 aromatic carbocycles. The third-order valence-corrected chi connectivity index (χ3v) is 4.29. The highest BCUT2D eigenvalue weighted by molar-refractivity contribution is 5.82. The number of hydrogen-bond donors (Lipinski definition) is 2. The fourth-order valence-corrected chi connectivity index (χ4v) is 2.75. The molecule has 2 N–H and O–H groups in total. The average molecular weight is 323 g/mol. The second-order valence-corrected chi connectivity index (χ2v) is 6.26. The van der Waals surface area contributed by atoms with Gasteiger partial charge in [0, 0.05) is 38.1 Å². The normalized spacial score (nSPS) is 14.0. The van der Waals surface area contributed by atoms with Gasteiger partial charge in [0.25, 0.3) is 0 Å². The molecule has 24 heavy (non-hydrogen) atoms. The summed E-state index contributed by atoms with van der Waals surface area (Å²) in [5, 5.41) is 6.53. The number of nitrogens with one attached hydrogen (secondary N) is 2. The quantitative estimate of drug-likeness (QED) is 0.750. The van der Waals surface area contributed by atoms with Crippen molar-refractivity contribution >= 4 is 22.7 Å². The molecule has 0 aliphatic heterocycles. The van der Waals surface area contributed by atoms with E-state index >= 15 is 0 Å². The van der Waals surface area contributed by atoms with Crippen LogP contribution in [-0.2, 0) is 7.05 Å². The lowest BCUT2D eigenvalue weighted by Crippen LogP contribution is -2.06. The van der Waals surface area contributed by atoms with Gasteiger partial charge in [-0.25, -0.2) is 4.98 Å². The Bertz CT molecular complexity index is 898. The Balaban J connectivity index is 1.75. The Labute approximate surface area is 140 Å². The zero-order chi connectivity index (χ0) is 16.7. The minimum Gasteiger partial charge on any atom is -0.437 e. The SMILES string of the molecule is CNc1cc(Oc2nc(NC3CC3)nc3ccn(C)c23)ccc1C. The fourth-order valence-electron chi connectivity index (χ4n) is 2.75. The molecule has 3 aromatic rings. The zero-order valence-corrected chi connectivity index (χ0v) is 14.1. The largest absolute Gasteiger partial charge is 0.437 e. The molecular weight excluding hydrogens is 302 g/mol. The first kappa shape index (κ1) is 14.8. The first-order chi connectivity index (χ1) is 11.6. The summed E-state index contributed by atoms with van der Waals surface area (Å²) in [6, 6.07) is 8.46. The highest BCUT2D eigenvalue weighted by atomic mass is 16.5. The van der Waals surface area contributed by atoms with E-state index in [1.165, 1.54) is 18.4 Å². The van der Waals surface area contributed by atoms with Crippen LogP contribution in [0.2, 0.25) is 0 Å². The Morgan fingerprint density at radius 3 is 2.79 bits per heavy atom. The lowest BCUT2D eigenvalue weighted by molar-refractivity contribution is 0.466. The summed E-state index contributed by atoms with van der Waals surface area (Å²) < 4.78 is 8.10. The molecule has 0 spiro atoms. The van der Waals surface area contributed by atoms with Gasteiger partial charge in [-0.15, -0.1) is 0 Å². The molecular formula is C18H21N5O. The smallest absolute Gasteiger partial charge is 0.249 e. The lowest BCUT2D eigenvalue weighted by Gasteiger charge is -2.12. The van der Waals surface area contributed by atoms with Crippen LogP contribution in [0.4, 0.5) is 11.6 Å². The van der Waals surface area contributed by atoms with Crippen LogP contribution in [0, 0.1) is 6.92 Å². The topological polar surface area (TPSA) is 64.0 Å². The van der Waals surface area contributed by atoms with Crippen LogP contribution in [-0.4, -0.2) is 27.6 Å². The minimum absolute atomic E-state index is 0.495. The van der Waals surface area contributed by atoms with Gasteiger partial charge in [-0.05, 0) is 37.5 Å². The summed E-state index contributed by atoms with van der Waals surface area (Å²) in [6.07, 6.45) is 4.33. The molecule has 1 fully saturated rings. The van der Waals surface area contributed by atoms with Crippen molar-refractivity contribution in [2.24, 2.45) is 7.05 Å². The summed E-state index contributed by atoms with van der Waals surface area (Å²) >= 11 is 0. The standard InChI is InChI=1S/C18H21N5O/c1-11-4-7-13(10-15(11)19-2)24-17-16-14(8-9-23(16)3)21-18(22-17)20-12-5-6-12/h4,7-10,12,19H,5-6H2,1-3H3,(H,20,21,22). The van der Waals surface area contributed by atoms with Crippen molar-refractivity contribution in [3.05, 3.63) is 36.0 Å². The summed E-state index contributed by atoms with van der Waals surface area (Å²) in [4.78, 5) is 9.19. The zero-order valence-electron chi connectivity index (χ0n) is 14.1. The molecule has 0 bridgehead atoms. The van der Waals surface area contributed by atoms with Gasteiger partial charge in [-0.1, -0.05) is 6.07 Å².